The third kappa shape index (κ3) is 5.39. The van der Waals surface area contributed by atoms with Crippen LogP contribution in [0.1, 0.15) is 5.56 Å². The van der Waals surface area contributed by atoms with Crippen LogP contribution in [0.15, 0.2) is 72.8 Å². The molecule has 0 radical (unpaired) electrons. The molecule has 0 saturated carbocycles. The van der Waals surface area contributed by atoms with E-state index in [-0.39, 0.29) is 0 Å². The molecule has 184 valence electrons. The van der Waals surface area contributed by atoms with E-state index in [1.54, 1.807) is 0 Å². The fourth-order valence-corrected chi connectivity index (χ4v) is 4.51. The third-order valence-electron chi connectivity index (χ3n) is 6.42. The van der Waals surface area contributed by atoms with Crippen LogP contribution in [0.3, 0.4) is 0 Å². The Kier molecular flexibility index (Phi) is 6.83. The summed E-state index contributed by atoms with van der Waals surface area (Å²) in [4.78, 5) is 6.52. The monoisotopic (exact) mass is 483 g/mol. The SMILES string of the molecule is FC(F)(F)c1ccc(N(c2ccc(N3CCOCC3)cc2)c2ccc(N3CCOCC3)cc2)cc1. The average Bonchev–Trinajstić information content (AvgIpc) is 2.90. The molecule has 2 heterocycles. The maximum absolute atomic E-state index is 13.2. The van der Waals surface area contributed by atoms with Gasteiger partial charge < -0.3 is 24.2 Å². The molecule has 0 bridgehead atoms. The predicted octanol–water partition coefficient (Wildman–Crippen LogP) is 5.85. The van der Waals surface area contributed by atoms with E-state index in [9.17, 15) is 13.2 Å². The minimum Gasteiger partial charge on any atom is -0.378 e. The zero-order chi connectivity index (χ0) is 24.3. The first kappa shape index (κ1) is 23.5. The molecule has 8 heteroatoms. The van der Waals surface area contributed by atoms with Crippen LogP contribution in [0, 0.1) is 0 Å². The second-order valence-corrected chi connectivity index (χ2v) is 8.61. The highest BCUT2D eigenvalue weighted by atomic mass is 19.4. The highest BCUT2D eigenvalue weighted by Gasteiger charge is 2.30. The average molecular weight is 484 g/mol. The standard InChI is InChI=1S/C27H28F3N3O2/c28-27(29,30)21-1-3-24(4-2-21)33(25-9-5-22(6-10-25)31-13-17-34-18-14-31)26-11-7-23(8-12-26)32-15-19-35-20-16-32/h1-12H,13-20H2. The van der Waals surface area contributed by atoms with Crippen molar-refractivity contribution in [3.63, 3.8) is 0 Å². The Morgan fingerprint density at radius 2 is 0.886 bits per heavy atom. The highest BCUT2D eigenvalue weighted by molar-refractivity contribution is 5.78. The largest absolute Gasteiger partial charge is 0.416 e. The Labute approximate surface area is 203 Å². The van der Waals surface area contributed by atoms with Gasteiger partial charge in [0, 0.05) is 54.6 Å². The number of ether oxygens (including phenoxy) is 2. The summed E-state index contributed by atoms with van der Waals surface area (Å²) >= 11 is 0. The Bertz CT molecular complexity index is 1030. The van der Waals surface area contributed by atoms with E-state index in [4.69, 9.17) is 9.47 Å². The van der Waals surface area contributed by atoms with Gasteiger partial charge in [0.2, 0.25) is 0 Å². The molecular formula is C27H28F3N3O2. The summed E-state index contributed by atoms with van der Waals surface area (Å²) in [6, 6.07) is 21.6. The minimum absolute atomic E-state index is 0.661. The molecule has 0 atom stereocenters. The quantitative estimate of drug-likeness (QED) is 0.454. The smallest absolute Gasteiger partial charge is 0.378 e. The van der Waals surface area contributed by atoms with Gasteiger partial charge in [-0.1, -0.05) is 0 Å². The summed E-state index contributed by atoms with van der Waals surface area (Å²) in [5, 5.41) is 0. The summed E-state index contributed by atoms with van der Waals surface area (Å²) in [7, 11) is 0. The topological polar surface area (TPSA) is 28.2 Å². The van der Waals surface area contributed by atoms with Crippen LogP contribution < -0.4 is 14.7 Å². The molecule has 2 saturated heterocycles. The Morgan fingerprint density at radius 1 is 0.543 bits per heavy atom. The number of nitrogens with zero attached hydrogens (tertiary/aromatic N) is 3. The van der Waals surface area contributed by atoms with Gasteiger partial charge in [0.25, 0.3) is 0 Å². The van der Waals surface area contributed by atoms with Gasteiger partial charge in [0.05, 0.1) is 32.0 Å². The molecule has 0 aliphatic carbocycles. The van der Waals surface area contributed by atoms with Crippen molar-refractivity contribution in [3.8, 4) is 0 Å². The van der Waals surface area contributed by atoms with Gasteiger partial charge in [-0.15, -0.1) is 0 Å². The summed E-state index contributed by atoms with van der Waals surface area (Å²) in [6.45, 7) is 6.17. The maximum Gasteiger partial charge on any atom is 0.416 e. The van der Waals surface area contributed by atoms with E-state index in [2.05, 4.69) is 34.1 Å². The van der Waals surface area contributed by atoms with Crippen molar-refractivity contribution >= 4 is 28.4 Å². The zero-order valence-corrected chi connectivity index (χ0v) is 19.4. The summed E-state index contributed by atoms with van der Waals surface area (Å²) in [5.74, 6) is 0. The molecule has 5 nitrogen and oxygen atoms in total. The van der Waals surface area contributed by atoms with E-state index in [1.165, 1.54) is 12.1 Å². The lowest BCUT2D eigenvalue weighted by atomic mass is 10.1. The molecule has 2 fully saturated rings. The van der Waals surface area contributed by atoms with E-state index < -0.39 is 11.7 Å². The first-order valence-electron chi connectivity index (χ1n) is 11.8. The van der Waals surface area contributed by atoms with Crippen LogP contribution in [0.25, 0.3) is 0 Å². The second-order valence-electron chi connectivity index (χ2n) is 8.61. The predicted molar refractivity (Wildman–Crippen MR) is 132 cm³/mol. The number of alkyl halides is 3. The highest BCUT2D eigenvalue weighted by Crippen LogP contribution is 2.38. The first-order valence-corrected chi connectivity index (χ1v) is 11.8. The van der Waals surface area contributed by atoms with Crippen molar-refractivity contribution in [1.29, 1.82) is 0 Å². The summed E-state index contributed by atoms with van der Waals surface area (Å²) in [5.41, 5.74) is 3.96. The lowest BCUT2D eigenvalue weighted by Gasteiger charge is -2.31. The molecule has 3 aromatic carbocycles. The molecule has 0 amide bonds. The van der Waals surface area contributed by atoms with Gasteiger partial charge in [-0.2, -0.15) is 13.2 Å². The number of anilines is 5. The molecule has 2 aliphatic heterocycles. The van der Waals surface area contributed by atoms with Gasteiger partial charge >= 0.3 is 6.18 Å². The van der Waals surface area contributed by atoms with Crippen LogP contribution in [0.5, 0.6) is 0 Å². The van der Waals surface area contributed by atoms with Crippen molar-refractivity contribution in [1.82, 2.24) is 0 Å². The van der Waals surface area contributed by atoms with E-state index in [0.29, 0.717) is 32.1 Å². The fourth-order valence-electron chi connectivity index (χ4n) is 4.51. The number of hydrogen-bond donors (Lipinski definition) is 0. The fraction of sp³-hybridized carbons (Fsp3) is 0.333. The molecular weight excluding hydrogens is 455 g/mol. The van der Waals surface area contributed by atoms with E-state index in [1.807, 2.05) is 29.2 Å². The number of hydrogen-bond acceptors (Lipinski definition) is 5. The normalized spacial score (nSPS) is 16.9. The molecule has 35 heavy (non-hydrogen) atoms. The van der Waals surface area contributed by atoms with Crippen LogP contribution >= 0.6 is 0 Å². The number of benzene rings is 3. The zero-order valence-electron chi connectivity index (χ0n) is 19.4. The molecule has 3 aromatic rings. The van der Waals surface area contributed by atoms with Gasteiger partial charge in [-0.05, 0) is 72.8 Å². The van der Waals surface area contributed by atoms with Crippen LogP contribution in [0.2, 0.25) is 0 Å². The molecule has 0 N–H and O–H groups in total. The third-order valence-corrected chi connectivity index (χ3v) is 6.42. The summed E-state index contributed by atoms with van der Waals surface area (Å²) < 4.78 is 50.4. The van der Waals surface area contributed by atoms with E-state index in [0.717, 1.165) is 61.1 Å². The van der Waals surface area contributed by atoms with Crippen molar-refractivity contribution in [2.24, 2.45) is 0 Å². The van der Waals surface area contributed by atoms with E-state index >= 15 is 0 Å². The van der Waals surface area contributed by atoms with Crippen LogP contribution in [-0.4, -0.2) is 52.6 Å². The molecule has 5 rings (SSSR count). The lowest BCUT2D eigenvalue weighted by molar-refractivity contribution is -0.137. The van der Waals surface area contributed by atoms with Gasteiger partial charge in [-0.25, -0.2) is 0 Å². The maximum atomic E-state index is 13.2. The molecule has 0 aromatic heterocycles. The van der Waals surface area contributed by atoms with Crippen molar-refractivity contribution in [3.05, 3.63) is 78.4 Å². The van der Waals surface area contributed by atoms with Crippen LogP contribution in [0.4, 0.5) is 41.6 Å². The van der Waals surface area contributed by atoms with Crippen molar-refractivity contribution in [2.75, 3.05) is 67.3 Å². The lowest BCUT2D eigenvalue weighted by Crippen LogP contribution is -2.36. The Morgan fingerprint density at radius 3 is 1.23 bits per heavy atom. The number of halogens is 3. The van der Waals surface area contributed by atoms with Gasteiger partial charge in [0.15, 0.2) is 0 Å². The van der Waals surface area contributed by atoms with Crippen molar-refractivity contribution in [2.45, 2.75) is 6.18 Å². The number of rotatable bonds is 5. The first-order chi connectivity index (χ1) is 17.0. The Balaban J connectivity index is 1.46. The van der Waals surface area contributed by atoms with Crippen molar-refractivity contribution < 1.29 is 22.6 Å². The molecule has 2 aliphatic rings. The van der Waals surface area contributed by atoms with Gasteiger partial charge in [-0.3, -0.25) is 0 Å². The second kappa shape index (κ2) is 10.2. The van der Waals surface area contributed by atoms with Crippen LogP contribution in [-0.2, 0) is 15.7 Å². The van der Waals surface area contributed by atoms with Gasteiger partial charge in [0.1, 0.15) is 0 Å². The number of morpholine rings is 2. The minimum atomic E-state index is -4.37. The Hall–Kier alpha value is -3.23. The molecule has 0 spiro atoms. The molecule has 0 unspecified atom stereocenters. The summed E-state index contributed by atoms with van der Waals surface area (Å²) in [6.07, 6.45) is -4.37.